The summed E-state index contributed by atoms with van der Waals surface area (Å²) in [6.07, 6.45) is 5.07. The molecule has 0 unspecified atom stereocenters. The molecule has 1 aliphatic heterocycles. The summed E-state index contributed by atoms with van der Waals surface area (Å²) in [6.45, 7) is 5.73. The molecule has 1 aliphatic rings. The van der Waals surface area contributed by atoms with Crippen LogP contribution in [-0.4, -0.2) is 33.2 Å². The molecule has 1 atom stereocenters. The quantitative estimate of drug-likeness (QED) is 0.719. The van der Waals surface area contributed by atoms with Crippen LogP contribution in [0.2, 0.25) is 0 Å². The van der Waals surface area contributed by atoms with Crippen LogP contribution in [-0.2, 0) is 11.3 Å². The number of carbonyl (C=O) groups excluding carboxylic acids is 1. The summed E-state index contributed by atoms with van der Waals surface area (Å²) < 4.78 is 1.94. The number of primary amides is 1. The molecule has 0 radical (unpaired) electrons. The summed E-state index contributed by atoms with van der Waals surface area (Å²) in [5, 5.41) is 4.93. The Morgan fingerprint density at radius 3 is 2.62 bits per heavy atom. The standard InChI is InChI=1S/C24H28N4O/c1-17-9-11-21(12-10-17)28-16-20(15-27-13-4-3-8-22(27)24(25)29)23(26-28)19-7-5-6-18(2)14-19/h5-7,9-12,14,16,22H,3-4,8,13,15H2,1-2H3,(H2,25,29)/t22-/m0/s1. The van der Waals surface area contributed by atoms with Crippen LogP contribution in [0.15, 0.2) is 54.7 Å². The SMILES string of the molecule is Cc1ccc(-n2cc(CN3CCCC[C@H]3C(N)=O)c(-c3cccc(C)c3)n2)cc1. The van der Waals surface area contributed by atoms with E-state index in [1.807, 2.05) is 4.68 Å². The highest BCUT2D eigenvalue weighted by Gasteiger charge is 2.28. The van der Waals surface area contributed by atoms with Crippen molar-refractivity contribution in [1.82, 2.24) is 14.7 Å². The summed E-state index contributed by atoms with van der Waals surface area (Å²) in [4.78, 5) is 14.2. The molecule has 4 rings (SSSR count). The Balaban J connectivity index is 1.74. The highest BCUT2D eigenvalue weighted by Crippen LogP contribution is 2.28. The molecule has 1 fully saturated rings. The second-order valence-corrected chi connectivity index (χ2v) is 8.04. The number of rotatable bonds is 5. The van der Waals surface area contributed by atoms with Gasteiger partial charge in [0.25, 0.3) is 0 Å². The van der Waals surface area contributed by atoms with Crippen LogP contribution in [0.25, 0.3) is 16.9 Å². The van der Waals surface area contributed by atoms with Crippen molar-refractivity contribution in [2.45, 2.75) is 45.7 Å². The van der Waals surface area contributed by atoms with Crippen LogP contribution >= 0.6 is 0 Å². The van der Waals surface area contributed by atoms with E-state index in [0.29, 0.717) is 6.54 Å². The molecule has 0 spiro atoms. The van der Waals surface area contributed by atoms with E-state index < -0.39 is 0 Å². The first-order valence-electron chi connectivity index (χ1n) is 10.3. The number of aromatic nitrogens is 2. The van der Waals surface area contributed by atoms with Gasteiger partial charge in [0.2, 0.25) is 5.91 Å². The van der Waals surface area contributed by atoms with Crippen LogP contribution in [0.3, 0.4) is 0 Å². The van der Waals surface area contributed by atoms with Crippen molar-refractivity contribution >= 4 is 5.91 Å². The second-order valence-electron chi connectivity index (χ2n) is 8.04. The van der Waals surface area contributed by atoms with Gasteiger partial charge >= 0.3 is 0 Å². The number of hydrogen-bond donors (Lipinski definition) is 1. The van der Waals surface area contributed by atoms with E-state index >= 15 is 0 Å². The van der Waals surface area contributed by atoms with Crippen molar-refractivity contribution in [1.29, 1.82) is 0 Å². The highest BCUT2D eigenvalue weighted by molar-refractivity contribution is 5.80. The maximum atomic E-state index is 12.0. The van der Waals surface area contributed by atoms with Gasteiger partial charge in [0, 0.05) is 23.9 Å². The molecule has 29 heavy (non-hydrogen) atoms. The van der Waals surface area contributed by atoms with Crippen molar-refractivity contribution in [3.8, 4) is 16.9 Å². The molecule has 2 heterocycles. The van der Waals surface area contributed by atoms with E-state index in [0.717, 1.165) is 48.3 Å². The molecule has 1 saturated heterocycles. The predicted molar refractivity (Wildman–Crippen MR) is 116 cm³/mol. The van der Waals surface area contributed by atoms with Gasteiger partial charge in [0.1, 0.15) is 0 Å². The Morgan fingerprint density at radius 2 is 1.90 bits per heavy atom. The first-order chi connectivity index (χ1) is 14.0. The van der Waals surface area contributed by atoms with E-state index in [4.69, 9.17) is 10.8 Å². The number of carbonyl (C=O) groups is 1. The van der Waals surface area contributed by atoms with Crippen molar-refractivity contribution < 1.29 is 4.79 Å². The maximum Gasteiger partial charge on any atom is 0.234 e. The topological polar surface area (TPSA) is 64.2 Å². The zero-order valence-electron chi connectivity index (χ0n) is 17.1. The molecule has 0 bridgehead atoms. The summed E-state index contributed by atoms with van der Waals surface area (Å²) in [7, 11) is 0. The van der Waals surface area contributed by atoms with Gasteiger partial charge in [0.05, 0.1) is 17.4 Å². The van der Waals surface area contributed by atoms with Gasteiger partial charge in [-0.3, -0.25) is 9.69 Å². The van der Waals surface area contributed by atoms with Crippen LogP contribution in [0.5, 0.6) is 0 Å². The average Bonchev–Trinajstić information content (AvgIpc) is 3.12. The number of aryl methyl sites for hydroxylation is 2. The van der Waals surface area contributed by atoms with Gasteiger partial charge in [-0.1, -0.05) is 47.9 Å². The van der Waals surface area contributed by atoms with Crippen LogP contribution < -0.4 is 5.73 Å². The van der Waals surface area contributed by atoms with Gasteiger partial charge in [-0.05, 0) is 51.4 Å². The van der Waals surface area contributed by atoms with Crippen LogP contribution in [0.1, 0.15) is 36.0 Å². The molecule has 5 nitrogen and oxygen atoms in total. The Hall–Kier alpha value is -2.92. The smallest absolute Gasteiger partial charge is 0.234 e. The lowest BCUT2D eigenvalue weighted by atomic mass is 9.99. The first-order valence-corrected chi connectivity index (χ1v) is 10.3. The van der Waals surface area contributed by atoms with Gasteiger partial charge in [-0.15, -0.1) is 0 Å². The van der Waals surface area contributed by atoms with E-state index in [2.05, 4.69) is 73.5 Å². The third kappa shape index (κ3) is 4.25. The molecule has 2 N–H and O–H groups in total. The maximum absolute atomic E-state index is 12.0. The third-order valence-electron chi connectivity index (χ3n) is 5.70. The molecule has 150 valence electrons. The predicted octanol–water partition coefficient (Wildman–Crippen LogP) is 4.00. The Labute approximate surface area is 172 Å². The summed E-state index contributed by atoms with van der Waals surface area (Å²) >= 11 is 0. The van der Waals surface area contributed by atoms with Crippen molar-refractivity contribution in [2.75, 3.05) is 6.54 Å². The van der Waals surface area contributed by atoms with Crippen molar-refractivity contribution in [2.24, 2.45) is 5.73 Å². The Bertz CT molecular complexity index is 1010. The fraction of sp³-hybridized carbons (Fsp3) is 0.333. The lowest BCUT2D eigenvalue weighted by Crippen LogP contribution is -2.47. The first kappa shape index (κ1) is 19.4. The zero-order valence-corrected chi connectivity index (χ0v) is 17.1. The Kier molecular flexibility index (Phi) is 5.49. The summed E-state index contributed by atoms with van der Waals surface area (Å²) in [6, 6.07) is 16.6. The number of amides is 1. The third-order valence-corrected chi connectivity index (χ3v) is 5.70. The molecule has 0 aliphatic carbocycles. The number of nitrogens with zero attached hydrogens (tertiary/aromatic N) is 3. The van der Waals surface area contributed by atoms with Gasteiger partial charge in [-0.2, -0.15) is 5.10 Å². The second kappa shape index (κ2) is 8.21. The number of nitrogens with two attached hydrogens (primary N) is 1. The normalized spacial score (nSPS) is 17.4. The summed E-state index contributed by atoms with van der Waals surface area (Å²) in [5.41, 5.74) is 12.3. The summed E-state index contributed by atoms with van der Waals surface area (Å²) in [5.74, 6) is -0.229. The van der Waals surface area contributed by atoms with E-state index in [-0.39, 0.29) is 11.9 Å². The minimum absolute atomic E-state index is 0.197. The molecule has 1 amide bonds. The van der Waals surface area contributed by atoms with Gasteiger partial charge in [0.15, 0.2) is 0 Å². The van der Waals surface area contributed by atoms with Crippen molar-refractivity contribution in [3.05, 3.63) is 71.4 Å². The van der Waals surface area contributed by atoms with Crippen LogP contribution in [0, 0.1) is 13.8 Å². The number of benzene rings is 2. The van der Waals surface area contributed by atoms with Gasteiger partial charge < -0.3 is 5.73 Å². The molecule has 0 saturated carbocycles. The molecular formula is C24H28N4O. The number of hydrogen-bond acceptors (Lipinski definition) is 3. The highest BCUT2D eigenvalue weighted by atomic mass is 16.1. The van der Waals surface area contributed by atoms with E-state index in [1.54, 1.807) is 0 Å². The zero-order chi connectivity index (χ0) is 20.4. The number of piperidine rings is 1. The minimum Gasteiger partial charge on any atom is -0.368 e. The van der Waals surface area contributed by atoms with Crippen LogP contribution in [0.4, 0.5) is 0 Å². The lowest BCUT2D eigenvalue weighted by molar-refractivity contribution is -0.124. The van der Waals surface area contributed by atoms with Gasteiger partial charge in [-0.25, -0.2) is 4.68 Å². The fourth-order valence-corrected chi connectivity index (χ4v) is 4.11. The minimum atomic E-state index is -0.229. The average molecular weight is 389 g/mol. The molecule has 3 aromatic rings. The Morgan fingerprint density at radius 1 is 1.10 bits per heavy atom. The van der Waals surface area contributed by atoms with E-state index in [1.165, 1.54) is 11.1 Å². The molecule has 5 heteroatoms. The monoisotopic (exact) mass is 388 g/mol. The van der Waals surface area contributed by atoms with Crippen molar-refractivity contribution in [3.63, 3.8) is 0 Å². The molecule has 1 aromatic heterocycles. The largest absolute Gasteiger partial charge is 0.368 e. The fourth-order valence-electron chi connectivity index (χ4n) is 4.11. The van der Waals surface area contributed by atoms with E-state index in [9.17, 15) is 4.79 Å². The molecular weight excluding hydrogens is 360 g/mol. The lowest BCUT2D eigenvalue weighted by Gasteiger charge is -2.33. The molecule has 2 aromatic carbocycles. The number of likely N-dealkylation sites (tertiary alicyclic amines) is 1.